The molecule has 1 aliphatic carbocycles. The van der Waals surface area contributed by atoms with E-state index in [1.54, 1.807) is 0 Å². The van der Waals surface area contributed by atoms with Crippen LogP contribution in [-0.2, 0) is 0 Å². The van der Waals surface area contributed by atoms with Gasteiger partial charge in [0.15, 0.2) is 0 Å². The Bertz CT molecular complexity index is 28.0. The summed E-state index contributed by atoms with van der Waals surface area (Å²) in [4.78, 5) is 0. The van der Waals surface area contributed by atoms with Crippen LogP contribution in [-0.4, -0.2) is 11.2 Å². The van der Waals surface area contributed by atoms with Gasteiger partial charge in [-0.3, -0.25) is 11.7 Å². The molecule has 0 spiro atoms. The van der Waals surface area contributed by atoms with E-state index in [1.165, 1.54) is 0 Å². The van der Waals surface area contributed by atoms with Gasteiger partial charge in [-0.1, -0.05) is 0 Å². The molecule has 1 rings (SSSR count). The SMILES string of the molecule is NN.OC1CC1. The smallest absolute Gasteiger partial charge is 0.0542 e. The quantitative estimate of drug-likeness (QED) is 0.263. The lowest BCUT2D eigenvalue weighted by Crippen LogP contribution is -2.02. The highest BCUT2D eigenvalue weighted by Gasteiger charge is 2.15. The molecular formula is C3H10N2O. The first kappa shape index (κ1) is 5.88. The van der Waals surface area contributed by atoms with Gasteiger partial charge in [-0.25, -0.2) is 0 Å². The second-order valence-corrected chi connectivity index (χ2v) is 1.23. The first-order chi connectivity index (χ1) is 2.89. The van der Waals surface area contributed by atoms with Crippen molar-refractivity contribution in [2.45, 2.75) is 18.9 Å². The fourth-order valence-corrected chi connectivity index (χ4v) is 0.0745. The molecule has 0 aromatic rings. The summed E-state index contributed by atoms with van der Waals surface area (Å²) < 4.78 is 0. The normalized spacial score (nSPS) is 18.5. The van der Waals surface area contributed by atoms with Crippen LogP contribution in [0.2, 0.25) is 0 Å². The summed E-state index contributed by atoms with van der Waals surface area (Å²) >= 11 is 0. The zero-order valence-corrected chi connectivity index (χ0v) is 3.59. The summed E-state index contributed by atoms with van der Waals surface area (Å²) in [6.45, 7) is 0. The van der Waals surface area contributed by atoms with Crippen LogP contribution in [0, 0.1) is 0 Å². The molecule has 6 heavy (non-hydrogen) atoms. The largest absolute Gasteiger partial charge is 0.393 e. The van der Waals surface area contributed by atoms with Gasteiger partial charge < -0.3 is 5.11 Å². The minimum atomic E-state index is 0.0833. The topological polar surface area (TPSA) is 72.3 Å². The standard InChI is InChI=1S/C3H6O.H4N2/c4-3-1-2-3;1-2/h3-4H,1-2H2;1-2H2. The third kappa shape index (κ3) is 3.88. The minimum Gasteiger partial charge on any atom is -0.393 e. The highest BCUT2D eigenvalue weighted by Crippen LogP contribution is 2.16. The van der Waals surface area contributed by atoms with Gasteiger partial charge in [0, 0.05) is 0 Å². The Hall–Kier alpha value is -0.120. The van der Waals surface area contributed by atoms with Gasteiger partial charge in [-0.2, -0.15) is 0 Å². The van der Waals surface area contributed by atoms with Crippen molar-refractivity contribution in [3.05, 3.63) is 0 Å². The number of nitrogens with two attached hydrogens (primary N) is 2. The second-order valence-electron chi connectivity index (χ2n) is 1.23. The summed E-state index contributed by atoms with van der Waals surface area (Å²) in [6, 6.07) is 0. The van der Waals surface area contributed by atoms with Crippen molar-refractivity contribution in [1.82, 2.24) is 0 Å². The van der Waals surface area contributed by atoms with Gasteiger partial charge in [0.2, 0.25) is 0 Å². The molecule has 5 N–H and O–H groups in total. The first-order valence-corrected chi connectivity index (χ1v) is 1.91. The zero-order chi connectivity index (χ0) is 4.99. The van der Waals surface area contributed by atoms with Crippen molar-refractivity contribution >= 4 is 0 Å². The molecule has 0 radical (unpaired) electrons. The molecule has 0 aromatic carbocycles. The van der Waals surface area contributed by atoms with E-state index >= 15 is 0 Å². The maximum Gasteiger partial charge on any atom is 0.0542 e. The van der Waals surface area contributed by atoms with Crippen LogP contribution in [0.3, 0.4) is 0 Å². The van der Waals surface area contributed by atoms with Crippen molar-refractivity contribution in [2.75, 3.05) is 0 Å². The maximum atomic E-state index is 8.17. The highest BCUT2D eigenvalue weighted by atomic mass is 16.3. The van der Waals surface area contributed by atoms with E-state index in [2.05, 4.69) is 11.7 Å². The van der Waals surface area contributed by atoms with Crippen molar-refractivity contribution in [1.29, 1.82) is 0 Å². The molecule has 3 nitrogen and oxygen atoms in total. The number of rotatable bonds is 0. The number of hydrogen-bond donors (Lipinski definition) is 3. The Labute approximate surface area is 36.9 Å². The molecule has 0 saturated heterocycles. The number of hydrogen-bond acceptors (Lipinski definition) is 3. The van der Waals surface area contributed by atoms with Crippen LogP contribution in [0.4, 0.5) is 0 Å². The van der Waals surface area contributed by atoms with Crippen molar-refractivity contribution in [3.8, 4) is 0 Å². The number of aliphatic hydroxyl groups is 1. The van der Waals surface area contributed by atoms with Crippen LogP contribution >= 0.6 is 0 Å². The molecule has 3 heteroatoms. The van der Waals surface area contributed by atoms with E-state index in [0.29, 0.717) is 0 Å². The summed E-state index contributed by atoms with van der Waals surface area (Å²) in [5.74, 6) is 8.00. The minimum absolute atomic E-state index is 0.0833. The van der Waals surface area contributed by atoms with E-state index in [1.807, 2.05) is 0 Å². The van der Waals surface area contributed by atoms with E-state index in [0.717, 1.165) is 12.8 Å². The van der Waals surface area contributed by atoms with Crippen molar-refractivity contribution in [2.24, 2.45) is 11.7 Å². The Morgan fingerprint density at radius 3 is 1.50 bits per heavy atom. The summed E-state index contributed by atoms with van der Waals surface area (Å²) in [5.41, 5.74) is 0. The molecule has 0 aromatic heterocycles. The lowest BCUT2D eigenvalue weighted by molar-refractivity contribution is 0.279. The van der Waals surface area contributed by atoms with Crippen LogP contribution in [0.5, 0.6) is 0 Å². The van der Waals surface area contributed by atoms with Gasteiger partial charge in [-0.15, -0.1) is 0 Å². The van der Waals surface area contributed by atoms with Gasteiger partial charge >= 0.3 is 0 Å². The lowest BCUT2D eigenvalue weighted by atomic mass is 10.9. The Balaban J connectivity index is 0.000000112. The maximum absolute atomic E-state index is 8.17. The van der Waals surface area contributed by atoms with E-state index < -0.39 is 0 Å². The van der Waals surface area contributed by atoms with Crippen LogP contribution < -0.4 is 11.7 Å². The first-order valence-electron chi connectivity index (χ1n) is 1.91. The van der Waals surface area contributed by atoms with Crippen LogP contribution in [0.25, 0.3) is 0 Å². The van der Waals surface area contributed by atoms with Gasteiger partial charge in [-0.05, 0) is 12.8 Å². The lowest BCUT2D eigenvalue weighted by Gasteiger charge is -1.57. The third-order valence-electron chi connectivity index (χ3n) is 0.547. The third-order valence-corrected chi connectivity index (χ3v) is 0.547. The molecule has 38 valence electrons. The van der Waals surface area contributed by atoms with Crippen molar-refractivity contribution < 1.29 is 5.11 Å². The van der Waals surface area contributed by atoms with Crippen LogP contribution in [0.15, 0.2) is 0 Å². The monoisotopic (exact) mass is 90.1 g/mol. The molecule has 0 aliphatic heterocycles. The molecule has 0 bridgehead atoms. The molecule has 0 unspecified atom stereocenters. The summed E-state index contributed by atoms with van der Waals surface area (Å²) in [5, 5.41) is 8.17. The van der Waals surface area contributed by atoms with E-state index in [9.17, 15) is 0 Å². The Kier molecular flexibility index (Phi) is 3.02. The highest BCUT2D eigenvalue weighted by molar-refractivity contribution is 4.68. The molecular weight excluding hydrogens is 80.0 g/mol. The van der Waals surface area contributed by atoms with Gasteiger partial charge in [0.05, 0.1) is 6.10 Å². The molecule has 0 amide bonds. The predicted octanol–water partition coefficient (Wildman–Crippen LogP) is -1.04. The van der Waals surface area contributed by atoms with Crippen LogP contribution in [0.1, 0.15) is 12.8 Å². The average Bonchev–Trinajstić information content (AvgIpc) is 2.30. The molecule has 0 atom stereocenters. The Morgan fingerprint density at radius 2 is 1.50 bits per heavy atom. The fraction of sp³-hybridized carbons (Fsp3) is 1.00. The fourth-order valence-electron chi connectivity index (χ4n) is 0.0745. The van der Waals surface area contributed by atoms with E-state index in [-0.39, 0.29) is 6.10 Å². The summed E-state index contributed by atoms with van der Waals surface area (Å²) in [7, 11) is 0. The molecule has 0 heterocycles. The Morgan fingerprint density at radius 1 is 1.33 bits per heavy atom. The zero-order valence-electron chi connectivity index (χ0n) is 3.59. The predicted molar refractivity (Wildman–Crippen MR) is 23.6 cm³/mol. The molecule has 1 saturated carbocycles. The molecule has 1 fully saturated rings. The average molecular weight is 90.1 g/mol. The number of hydrazine groups is 1. The summed E-state index contributed by atoms with van der Waals surface area (Å²) in [6.07, 6.45) is 2.17. The van der Waals surface area contributed by atoms with Crippen molar-refractivity contribution in [3.63, 3.8) is 0 Å². The second kappa shape index (κ2) is 3.08. The van der Waals surface area contributed by atoms with Gasteiger partial charge in [0.25, 0.3) is 0 Å². The van der Waals surface area contributed by atoms with Gasteiger partial charge in [0.1, 0.15) is 0 Å². The number of aliphatic hydroxyl groups excluding tert-OH is 1. The van der Waals surface area contributed by atoms with E-state index in [4.69, 9.17) is 5.11 Å². The molecule has 1 aliphatic rings.